The van der Waals surface area contributed by atoms with Gasteiger partial charge in [-0.2, -0.15) is 0 Å². The highest BCUT2D eigenvalue weighted by Crippen LogP contribution is 2.49. The van der Waals surface area contributed by atoms with Gasteiger partial charge in [0.2, 0.25) is 0 Å². The molecule has 4 heteroatoms. The van der Waals surface area contributed by atoms with E-state index in [2.05, 4.69) is 106 Å². The topological polar surface area (TPSA) is 52.6 Å². The molecule has 0 heterocycles. The van der Waals surface area contributed by atoms with E-state index in [0.717, 1.165) is 68.5 Å². The number of carbonyl (C=O) groups is 2. The Morgan fingerprint density at radius 3 is 0.912 bits per heavy atom. The van der Waals surface area contributed by atoms with E-state index in [9.17, 15) is 9.59 Å². The molecular formula is C64H88O4. The smallest absolute Gasteiger partial charge is 0.187 e. The summed E-state index contributed by atoms with van der Waals surface area (Å²) in [6, 6.07) is 17.1. The average Bonchev–Trinajstić information content (AvgIpc) is 3.31. The second-order valence-electron chi connectivity index (χ2n) is 21.5. The summed E-state index contributed by atoms with van der Waals surface area (Å²) in [6.07, 6.45) is 29.6. The van der Waals surface area contributed by atoms with Crippen molar-refractivity contribution in [3.63, 3.8) is 0 Å². The van der Waals surface area contributed by atoms with Crippen LogP contribution in [-0.4, -0.2) is 24.8 Å². The summed E-state index contributed by atoms with van der Waals surface area (Å²) in [7, 11) is 0. The van der Waals surface area contributed by atoms with Crippen LogP contribution in [0.5, 0.6) is 11.5 Å². The first-order valence-electron chi connectivity index (χ1n) is 27.6. The van der Waals surface area contributed by atoms with Crippen molar-refractivity contribution in [3.05, 3.63) is 116 Å². The van der Waals surface area contributed by atoms with E-state index < -0.39 is 0 Å². The molecule has 368 valence electrons. The minimum absolute atomic E-state index is 0.0138. The maximum Gasteiger partial charge on any atom is 0.187 e. The van der Waals surface area contributed by atoms with E-state index in [1.165, 1.54) is 138 Å². The Morgan fingerprint density at radius 2 is 0.632 bits per heavy atom. The van der Waals surface area contributed by atoms with Crippen molar-refractivity contribution in [1.82, 2.24) is 0 Å². The van der Waals surface area contributed by atoms with Crippen LogP contribution in [-0.2, 0) is 0 Å². The molecule has 0 bridgehead atoms. The van der Waals surface area contributed by atoms with E-state index in [-0.39, 0.29) is 35.2 Å². The lowest BCUT2D eigenvalue weighted by atomic mass is 9.73. The van der Waals surface area contributed by atoms with Crippen LogP contribution >= 0.6 is 0 Å². The van der Waals surface area contributed by atoms with Gasteiger partial charge in [-0.1, -0.05) is 197 Å². The van der Waals surface area contributed by atoms with Gasteiger partial charge in [-0.15, -0.1) is 0 Å². The molecule has 0 saturated carbocycles. The highest BCUT2D eigenvalue weighted by Gasteiger charge is 2.33. The SMILES string of the molecule is CCCCCCCCCCCCOc1cc(C(C)C)c(C2=CC(=O)c3ccc4c5c(ccc2c35)C(=O)C=C4c2c(C(C)C)cc(OCCCCCCCCCCCC)cc2C(C)C)c(C(C)C)c1. The maximum absolute atomic E-state index is 14.5. The number of carbonyl (C=O) groups excluding carboxylic acids is 2. The summed E-state index contributed by atoms with van der Waals surface area (Å²) >= 11 is 0. The van der Waals surface area contributed by atoms with E-state index in [0.29, 0.717) is 24.3 Å². The summed E-state index contributed by atoms with van der Waals surface area (Å²) in [4.78, 5) is 29.0. The molecule has 0 atom stereocenters. The van der Waals surface area contributed by atoms with Crippen molar-refractivity contribution in [1.29, 1.82) is 0 Å². The number of hydrogen-bond donors (Lipinski definition) is 0. The minimum atomic E-state index is -0.0138. The lowest BCUT2D eigenvalue weighted by Crippen LogP contribution is -2.16. The Balaban J connectivity index is 1.28. The van der Waals surface area contributed by atoms with Crippen molar-refractivity contribution < 1.29 is 19.1 Å². The molecule has 2 aliphatic carbocycles. The Kier molecular flexibility index (Phi) is 20.2. The Morgan fingerprint density at radius 1 is 0.368 bits per heavy atom. The maximum atomic E-state index is 14.5. The van der Waals surface area contributed by atoms with Crippen LogP contribution in [0.4, 0.5) is 0 Å². The number of ketones is 2. The molecule has 2 aliphatic rings. The highest BCUT2D eigenvalue weighted by molar-refractivity contribution is 6.31. The van der Waals surface area contributed by atoms with Crippen LogP contribution in [0.3, 0.4) is 0 Å². The number of benzene rings is 4. The van der Waals surface area contributed by atoms with Gasteiger partial charge in [-0.25, -0.2) is 0 Å². The number of unbranched alkanes of at least 4 members (excludes halogenated alkanes) is 18. The van der Waals surface area contributed by atoms with E-state index in [1.54, 1.807) is 0 Å². The molecule has 0 radical (unpaired) electrons. The van der Waals surface area contributed by atoms with Crippen molar-refractivity contribution >= 4 is 33.5 Å². The van der Waals surface area contributed by atoms with Crippen molar-refractivity contribution in [2.45, 2.75) is 221 Å². The second kappa shape index (κ2) is 26.0. The van der Waals surface area contributed by atoms with E-state index >= 15 is 0 Å². The zero-order valence-electron chi connectivity index (χ0n) is 44.3. The minimum Gasteiger partial charge on any atom is -0.494 e. The molecular weight excluding hydrogens is 833 g/mol. The van der Waals surface area contributed by atoms with E-state index in [1.807, 2.05) is 24.3 Å². The first kappa shape index (κ1) is 52.9. The first-order valence-corrected chi connectivity index (χ1v) is 27.6. The fraction of sp³-hybridized carbons (Fsp3) is 0.562. The molecule has 0 amide bonds. The molecule has 0 aliphatic heterocycles. The van der Waals surface area contributed by atoms with Gasteiger partial charge >= 0.3 is 0 Å². The lowest BCUT2D eigenvalue weighted by Gasteiger charge is -2.30. The van der Waals surface area contributed by atoms with Crippen LogP contribution in [0.25, 0.3) is 21.9 Å². The molecule has 4 aromatic rings. The van der Waals surface area contributed by atoms with Crippen LogP contribution in [0.1, 0.15) is 287 Å². The first-order chi connectivity index (χ1) is 32.9. The molecule has 0 aromatic heterocycles. The predicted molar refractivity (Wildman–Crippen MR) is 291 cm³/mol. The molecule has 68 heavy (non-hydrogen) atoms. The summed E-state index contributed by atoms with van der Waals surface area (Å²) in [6.45, 7) is 23.9. The molecule has 4 aromatic carbocycles. The number of allylic oxidation sites excluding steroid dienone is 2. The average molecular weight is 921 g/mol. The molecule has 0 spiro atoms. The van der Waals surface area contributed by atoms with Gasteiger partial charge in [-0.05, 0) is 141 Å². The van der Waals surface area contributed by atoms with Gasteiger partial charge < -0.3 is 9.47 Å². The van der Waals surface area contributed by atoms with E-state index in [4.69, 9.17) is 9.47 Å². The number of hydrogen-bond acceptors (Lipinski definition) is 4. The summed E-state index contributed by atoms with van der Waals surface area (Å²) < 4.78 is 13.1. The van der Waals surface area contributed by atoms with Gasteiger partial charge in [0.1, 0.15) is 11.5 Å². The van der Waals surface area contributed by atoms with Gasteiger partial charge in [0, 0.05) is 21.9 Å². The Hall–Kier alpha value is -4.44. The fourth-order valence-corrected chi connectivity index (χ4v) is 10.8. The quantitative estimate of drug-likeness (QED) is 0.0489. The van der Waals surface area contributed by atoms with Gasteiger partial charge in [0.15, 0.2) is 11.6 Å². The zero-order valence-corrected chi connectivity index (χ0v) is 44.3. The summed E-state index contributed by atoms with van der Waals surface area (Å²) in [5.74, 6) is 2.58. The van der Waals surface area contributed by atoms with Crippen LogP contribution in [0.2, 0.25) is 0 Å². The van der Waals surface area contributed by atoms with Gasteiger partial charge in [0.05, 0.1) is 13.2 Å². The normalized spacial score (nSPS) is 13.4. The number of rotatable bonds is 30. The summed E-state index contributed by atoms with van der Waals surface area (Å²) in [5.41, 5.74) is 12.2. The van der Waals surface area contributed by atoms with Crippen LogP contribution in [0, 0.1) is 0 Å². The molecule has 0 N–H and O–H groups in total. The third-order valence-electron chi connectivity index (χ3n) is 14.7. The lowest BCUT2D eigenvalue weighted by molar-refractivity contribution is 0.103. The van der Waals surface area contributed by atoms with Crippen LogP contribution in [0.15, 0.2) is 60.7 Å². The molecule has 0 unspecified atom stereocenters. The zero-order chi connectivity index (χ0) is 48.7. The third-order valence-corrected chi connectivity index (χ3v) is 14.7. The van der Waals surface area contributed by atoms with Gasteiger partial charge in [-0.3, -0.25) is 9.59 Å². The molecule has 6 rings (SSSR count). The number of ether oxygens (including phenoxy) is 2. The summed E-state index contributed by atoms with van der Waals surface area (Å²) in [5, 5.41) is 1.78. The monoisotopic (exact) mass is 921 g/mol. The predicted octanol–water partition coefficient (Wildman–Crippen LogP) is 19.2. The standard InChI is InChI=1S/C64H88O4/c1-11-13-15-17-19-21-23-25-27-29-35-67-47-37-53(43(3)4)61(54(38-47)44(5)6)57-41-59(65)51-34-32-50-58(42-60(66)52-33-31-49(57)63(51)64(50)52)62-55(45(7)8)39-48(40-56(62)46(9)10)68-36-30-28-26-24-22-20-18-16-14-12-2/h31-34,37-46H,11-30,35-36H2,1-10H3. The third kappa shape index (κ3) is 13.0. The largest absolute Gasteiger partial charge is 0.494 e. The molecule has 4 nitrogen and oxygen atoms in total. The van der Waals surface area contributed by atoms with Crippen molar-refractivity contribution in [2.75, 3.05) is 13.2 Å². The second-order valence-corrected chi connectivity index (χ2v) is 21.5. The van der Waals surface area contributed by atoms with Gasteiger partial charge in [0.25, 0.3) is 0 Å². The fourth-order valence-electron chi connectivity index (χ4n) is 10.8. The Bertz CT molecular complexity index is 2160. The van der Waals surface area contributed by atoms with Crippen molar-refractivity contribution in [3.8, 4) is 11.5 Å². The Labute approximate surface area is 413 Å². The molecule has 0 fully saturated rings. The molecule has 0 saturated heterocycles. The highest BCUT2D eigenvalue weighted by atomic mass is 16.5. The van der Waals surface area contributed by atoms with Crippen molar-refractivity contribution in [2.24, 2.45) is 0 Å². The van der Waals surface area contributed by atoms with Crippen LogP contribution < -0.4 is 9.47 Å².